The Hall–Kier alpha value is -1.55. The molecule has 1 aromatic rings. The van der Waals surface area contributed by atoms with Crippen LogP contribution in [0.2, 0.25) is 5.02 Å². The van der Waals surface area contributed by atoms with Crippen LogP contribution in [0, 0.1) is 11.8 Å². The molecule has 1 aromatic carbocycles. The maximum atomic E-state index is 11.5. The lowest BCUT2D eigenvalue weighted by Gasteiger charge is -2.07. The maximum absolute atomic E-state index is 11.5. The van der Waals surface area contributed by atoms with Crippen molar-refractivity contribution in [1.82, 2.24) is 0 Å². The lowest BCUT2D eigenvalue weighted by molar-refractivity contribution is -0.113. The van der Waals surface area contributed by atoms with Gasteiger partial charge in [-0.3, -0.25) is 4.79 Å². The van der Waals surface area contributed by atoms with E-state index in [9.17, 15) is 13.2 Å². The van der Waals surface area contributed by atoms with E-state index >= 15 is 0 Å². The molecule has 0 aromatic heterocycles. The fraction of sp³-hybridized carbons (Fsp3) is 0.250. The van der Waals surface area contributed by atoms with Crippen molar-refractivity contribution in [2.45, 2.75) is 0 Å². The van der Waals surface area contributed by atoms with Crippen LogP contribution in [0.15, 0.2) is 18.2 Å². The van der Waals surface area contributed by atoms with Crippen molar-refractivity contribution in [3.8, 4) is 11.8 Å². The van der Waals surface area contributed by atoms with E-state index < -0.39 is 21.5 Å². The Morgan fingerprint density at radius 3 is 2.74 bits per heavy atom. The number of rotatable bonds is 3. The van der Waals surface area contributed by atoms with E-state index in [1.165, 1.54) is 0 Å². The van der Waals surface area contributed by atoms with E-state index in [0.717, 1.165) is 6.26 Å². The summed E-state index contributed by atoms with van der Waals surface area (Å²) < 4.78 is 22.0. The van der Waals surface area contributed by atoms with Crippen LogP contribution in [-0.4, -0.2) is 32.9 Å². The Bertz CT molecular complexity index is 645. The molecular formula is C12H13ClN2O3S. The summed E-state index contributed by atoms with van der Waals surface area (Å²) in [5.74, 6) is 4.22. The molecule has 7 heteroatoms. The first-order valence-corrected chi connectivity index (χ1v) is 7.72. The molecule has 0 radical (unpaired) electrons. The molecule has 5 nitrogen and oxygen atoms in total. The van der Waals surface area contributed by atoms with E-state index in [4.69, 9.17) is 17.3 Å². The highest BCUT2D eigenvalue weighted by molar-refractivity contribution is 7.91. The standard InChI is InChI=1S/C12H13ClN2O3S/c1-19(17,18)8-12(16)15-11-7-9(3-2-6-14)4-5-10(11)13/h4-5,7H,6,8,14H2,1H3,(H,15,16). The van der Waals surface area contributed by atoms with Crippen LogP contribution in [0.3, 0.4) is 0 Å². The molecule has 1 rings (SSSR count). The predicted molar refractivity (Wildman–Crippen MR) is 75.7 cm³/mol. The molecule has 0 fully saturated rings. The van der Waals surface area contributed by atoms with Gasteiger partial charge in [0.2, 0.25) is 5.91 Å². The molecule has 0 aliphatic carbocycles. The molecule has 102 valence electrons. The van der Waals surface area contributed by atoms with E-state index in [2.05, 4.69) is 17.2 Å². The molecule has 0 aliphatic rings. The SMILES string of the molecule is CS(=O)(=O)CC(=O)Nc1cc(C#CCN)ccc1Cl. The van der Waals surface area contributed by atoms with Crippen molar-refractivity contribution in [2.75, 3.05) is 23.9 Å². The first-order chi connectivity index (χ1) is 8.81. The Morgan fingerprint density at radius 1 is 1.47 bits per heavy atom. The lowest BCUT2D eigenvalue weighted by Crippen LogP contribution is -2.22. The first kappa shape index (κ1) is 15.5. The van der Waals surface area contributed by atoms with Gasteiger partial charge in [-0.05, 0) is 18.2 Å². The minimum Gasteiger partial charge on any atom is -0.324 e. The van der Waals surface area contributed by atoms with E-state index in [1.54, 1.807) is 18.2 Å². The number of carbonyl (C=O) groups excluding carboxylic acids is 1. The molecule has 0 aliphatic heterocycles. The Morgan fingerprint density at radius 2 is 2.16 bits per heavy atom. The molecule has 19 heavy (non-hydrogen) atoms. The molecule has 0 spiro atoms. The molecule has 3 N–H and O–H groups in total. The van der Waals surface area contributed by atoms with E-state index in [-0.39, 0.29) is 6.54 Å². The average molecular weight is 301 g/mol. The number of anilines is 1. The summed E-state index contributed by atoms with van der Waals surface area (Å²) in [6, 6.07) is 4.81. The highest BCUT2D eigenvalue weighted by atomic mass is 35.5. The van der Waals surface area contributed by atoms with Gasteiger partial charge in [-0.25, -0.2) is 8.42 Å². The summed E-state index contributed by atoms with van der Waals surface area (Å²) in [5, 5.41) is 2.74. The van der Waals surface area contributed by atoms with Crippen LogP contribution in [0.25, 0.3) is 0 Å². The molecular weight excluding hydrogens is 288 g/mol. The third-order valence-electron chi connectivity index (χ3n) is 1.97. The third kappa shape index (κ3) is 5.75. The minimum atomic E-state index is -3.38. The van der Waals surface area contributed by atoms with Gasteiger partial charge >= 0.3 is 0 Å². The van der Waals surface area contributed by atoms with Crippen LogP contribution in [0.1, 0.15) is 5.56 Å². The number of benzene rings is 1. The molecule has 0 unspecified atom stereocenters. The summed E-state index contributed by atoms with van der Waals surface area (Å²) in [6.07, 6.45) is 0.983. The smallest absolute Gasteiger partial charge is 0.239 e. The van der Waals surface area contributed by atoms with Crippen molar-refractivity contribution < 1.29 is 13.2 Å². The zero-order chi connectivity index (χ0) is 14.5. The third-order valence-corrected chi connectivity index (χ3v) is 3.08. The second-order valence-corrected chi connectivity index (χ2v) is 6.37. The maximum Gasteiger partial charge on any atom is 0.239 e. The van der Waals surface area contributed by atoms with Crippen molar-refractivity contribution in [1.29, 1.82) is 0 Å². The largest absolute Gasteiger partial charge is 0.324 e. The Labute approximate surface area is 117 Å². The zero-order valence-electron chi connectivity index (χ0n) is 10.2. The van der Waals surface area contributed by atoms with Gasteiger partial charge in [0, 0.05) is 11.8 Å². The van der Waals surface area contributed by atoms with Crippen LogP contribution < -0.4 is 11.1 Å². The van der Waals surface area contributed by atoms with Crippen LogP contribution in [-0.2, 0) is 14.6 Å². The van der Waals surface area contributed by atoms with Crippen molar-refractivity contribution in [3.63, 3.8) is 0 Å². The van der Waals surface area contributed by atoms with E-state index in [1.807, 2.05) is 0 Å². The predicted octanol–water partition coefficient (Wildman–Crippen LogP) is 0.633. The van der Waals surface area contributed by atoms with Gasteiger partial charge in [0.15, 0.2) is 9.84 Å². The summed E-state index contributed by atoms with van der Waals surface area (Å²) >= 11 is 5.91. The van der Waals surface area contributed by atoms with Gasteiger partial charge in [-0.2, -0.15) is 0 Å². The number of hydrogen-bond acceptors (Lipinski definition) is 4. The number of carbonyl (C=O) groups is 1. The van der Waals surface area contributed by atoms with Crippen molar-refractivity contribution in [3.05, 3.63) is 28.8 Å². The van der Waals surface area contributed by atoms with Gasteiger partial charge < -0.3 is 11.1 Å². The molecule has 0 bridgehead atoms. The number of nitrogens with two attached hydrogens (primary N) is 1. The number of sulfone groups is 1. The molecule has 0 heterocycles. The lowest BCUT2D eigenvalue weighted by atomic mass is 10.2. The van der Waals surface area contributed by atoms with E-state index in [0.29, 0.717) is 16.3 Å². The highest BCUT2D eigenvalue weighted by Gasteiger charge is 2.12. The normalized spacial score (nSPS) is 10.5. The highest BCUT2D eigenvalue weighted by Crippen LogP contribution is 2.22. The summed E-state index contributed by atoms with van der Waals surface area (Å²) in [6.45, 7) is 0.221. The molecule has 0 saturated heterocycles. The molecule has 0 atom stereocenters. The second-order valence-electron chi connectivity index (χ2n) is 3.82. The topological polar surface area (TPSA) is 89.3 Å². The Kier molecular flexibility index (Phi) is 5.36. The summed E-state index contributed by atoms with van der Waals surface area (Å²) in [4.78, 5) is 11.5. The molecule has 0 saturated carbocycles. The Balaban J connectivity index is 2.91. The number of hydrogen-bond donors (Lipinski definition) is 2. The van der Waals surface area contributed by atoms with Crippen molar-refractivity contribution >= 4 is 33.0 Å². The fourth-order valence-electron chi connectivity index (χ4n) is 1.28. The number of nitrogens with one attached hydrogen (secondary N) is 1. The minimum absolute atomic E-state index is 0.221. The summed E-state index contributed by atoms with van der Waals surface area (Å²) in [7, 11) is -3.38. The van der Waals surface area contributed by atoms with Gasteiger partial charge in [-0.1, -0.05) is 23.4 Å². The number of halogens is 1. The molecule has 1 amide bonds. The second kappa shape index (κ2) is 6.57. The van der Waals surface area contributed by atoms with Gasteiger partial charge in [0.05, 0.1) is 17.3 Å². The zero-order valence-corrected chi connectivity index (χ0v) is 11.8. The van der Waals surface area contributed by atoms with Crippen LogP contribution >= 0.6 is 11.6 Å². The fourth-order valence-corrected chi connectivity index (χ4v) is 1.99. The van der Waals surface area contributed by atoms with Crippen LogP contribution in [0.5, 0.6) is 0 Å². The monoisotopic (exact) mass is 300 g/mol. The summed E-state index contributed by atoms with van der Waals surface area (Å²) in [5.41, 5.74) is 6.21. The van der Waals surface area contributed by atoms with Crippen LogP contribution in [0.4, 0.5) is 5.69 Å². The quantitative estimate of drug-likeness (QED) is 0.801. The van der Waals surface area contributed by atoms with Gasteiger partial charge in [0.25, 0.3) is 0 Å². The van der Waals surface area contributed by atoms with Gasteiger partial charge in [-0.15, -0.1) is 0 Å². The first-order valence-electron chi connectivity index (χ1n) is 5.28. The number of amides is 1. The van der Waals surface area contributed by atoms with Gasteiger partial charge in [0.1, 0.15) is 5.75 Å². The average Bonchev–Trinajstić information content (AvgIpc) is 2.27. The van der Waals surface area contributed by atoms with Crippen molar-refractivity contribution in [2.24, 2.45) is 5.73 Å².